The largest absolute Gasteiger partial charge is 0.384 e. The van der Waals surface area contributed by atoms with Gasteiger partial charge in [0.05, 0.1) is 5.02 Å². The van der Waals surface area contributed by atoms with Gasteiger partial charge in [-0.2, -0.15) is 0 Å². The van der Waals surface area contributed by atoms with E-state index < -0.39 is 6.10 Å². The number of nitrogens with zero attached hydrogens (tertiary/aromatic N) is 1. The molecule has 18 heavy (non-hydrogen) atoms. The minimum atomic E-state index is -0.979. The van der Waals surface area contributed by atoms with Crippen molar-refractivity contribution in [3.8, 4) is 0 Å². The number of pyridine rings is 1. The zero-order chi connectivity index (χ0) is 13.3. The third-order valence-corrected chi connectivity index (χ3v) is 3.05. The highest BCUT2D eigenvalue weighted by Gasteiger charge is 2.16. The van der Waals surface area contributed by atoms with E-state index in [-0.39, 0.29) is 5.82 Å². The average molecular weight is 304 g/mol. The molecule has 1 unspecified atom stereocenters. The zero-order valence-corrected chi connectivity index (χ0v) is 11.3. The second-order valence-corrected chi connectivity index (χ2v) is 5.04. The number of halogens is 3. The molecule has 94 valence electrons. The van der Waals surface area contributed by atoms with Crippen molar-refractivity contribution in [2.45, 2.75) is 6.10 Å². The van der Waals surface area contributed by atoms with Crippen LogP contribution in [0.2, 0.25) is 15.1 Å². The zero-order valence-electron chi connectivity index (χ0n) is 9.07. The second-order valence-electron chi connectivity index (χ2n) is 3.73. The number of nitrogen functional groups attached to an aromatic ring is 1. The molecule has 3 nitrogen and oxygen atoms in total. The molecular formula is C12H9Cl3N2O. The number of nitrogens with two attached hydrogens (primary N) is 1. The number of hydrogen-bond donors (Lipinski definition) is 2. The summed E-state index contributed by atoms with van der Waals surface area (Å²) in [4.78, 5) is 3.89. The summed E-state index contributed by atoms with van der Waals surface area (Å²) in [5.41, 5.74) is 6.66. The first kappa shape index (κ1) is 13.4. The maximum atomic E-state index is 10.3. The Kier molecular flexibility index (Phi) is 3.97. The maximum absolute atomic E-state index is 10.3. The molecular weight excluding hydrogens is 295 g/mol. The lowest BCUT2D eigenvalue weighted by Gasteiger charge is -2.14. The summed E-state index contributed by atoms with van der Waals surface area (Å²) < 4.78 is 0. The molecule has 0 aliphatic rings. The van der Waals surface area contributed by atoms with Crippen molar-refractivity contribution in [1.82, 2.24) is 4.98 Å². The van der Waals surface area contributed by atoms with Gasteiger partial charge in [0.25, 0.3) is 0 Å². The number of rotatable bonds is 2. The van der Waals surface area contributed by atoms with E-state index in [4.69, 9.17) is 40.5 Å². The number of anilines is 1. The molecule has 0 saturated carbocycles. The topological polar surface area (TPSA) is 59.1 Å². The van der Waals surface area contributed by atoms with Gasteiger partial charge in [0.15, 0.2) is 0 Å². The fourth-order valence-electron chi connectivity index (χ4n) is 1.60. The Morgan fingerprint density at radius 2 is 1.61 bits per heavy atom. The molecule has 6 heteroatoms. The molecule has 0 spiro atoms. The SMILES string of the molecule is Nc1ncc(Cl)cc1C(O)c1cc(Cl)cc(Cl)c1. The first-order valence-corrected chi connectivity index (χ1v) is 6.15. The Labute approximate surface area is 119 Å². The highest BCUT2D eigenvalue weighted by Crippen LogP contribution is 2.30. The lowest BCUT2D eigenvalue weighted by Crippen LogP contribution is -2.05. The van der Waals surface area contributed by atoms with Crippen molar-refractivity contribution in [2.75, 3.05) is 5.73 Å². The minimum Gasteiger partial charge on any atom is -0.384 e. The van der Waals surface area contributed by atoms with Crippen molar-refractivity contribution in [3.05, 3.63) is 56.7 Å². The average Bonchev–Trinajstić information content (AvgIpc) is 2.30. The van der Waals surface area contributed by atoms with E-state index in [0.717, 1.165) is 0 Å². The summed E-state index contributed by atoms with van der Waals surface area (Å²) in [6.07, 6.45) is 0.435. The Morgan fingerprint density at radius 3 is 2.22 bits per heavy atom. The van der Waals surface area contributed by atoms with E-state index in [9.17, 15) is 5.11 Å². The van der Waals surface area contributed by atoms with Gasteiger partial charge in [-0.15, -0.1) is 0 Å². The fourth-order valence-corrected chi connectivity index (χ4v) is 2.31. The van der Waals surface area contributed by atoms with Crippen molar-refractivity contribution >= 4 is 40.6 Å². The van der Waals surface area contributed by atoms with Gasteiger partial charge in [0.1, 0.15) is 11.9 Å². The molecule has 1 heterocycles. The van der Waals surface area contributed by atoms with Crippen LogP contribution in [0.3, 0.4) is 0 Å². The van der Waals surface area contributed by atoms with Crippen LogP contribution in [0.5, 0.6) is 0 Å². The van der Waals surface area contributed by atoms with Gasteiger partial charge in [-0.05, 0) is 29.8 Å². The van der Waals surface area contributed by atoms with E-state index in [1.807, 2.05) is 0 Å². The maximum Gasteiger partial charge on any atom is 0.129 e. The predicted octanol–water partition coefficient (Wildman–Crippen LogP) is 3.71. The van der Waals surface area contributed by atoms with E-state index >= 15 is 0 Å². The standard InChI is InChI=1S/C12H9Cl3N2O/c13-7-1-6(2-8(14)3-7)11(18)10-4-9(15)5-17-12(10)16/h1-5,11,18H,(H2,16,17). The first-order chi connectivity index (χ1) is 8.47. The van der Waals surface area contributed by atoms with Gasteiger partial charge >= 0.3 is 0 Å². The summed E-state index contributed by atoms with van der Waals surface area (Å²) in [5, 5.41) is 11.5. The van der Waals surface area contributed by atoms with Crippen LogP contribution in [0, 0.1) is 0 Å². The summed E-state index contributed by atoms with van der Waals surface area (Å²) in [5.74, 6) is 0.211. The van der Waals surface area contributed by atoms with Crippen molar-refractivity contribution in [1.29, 1.82) is 0 Å². The predicted molar refractivity (Wildman–Crippen MR) is 74.2 cm³/mol. The third-order valence-electron chi connectivity index (χ3n) is 2.41. The minimum absolute atomic E-state index is 0.211. The molecule has 1 aromatic heterocycles. The fraction of sp³-hybridized carbons (Fsp3) is 0.0833. The summed E-state index contributed by atoms with van der Waals surface area (Å²) in [6.45, 7) is 0. The van der Waals surface area contributed by atoms with Crippen LogP contribution in [0.1, 0.15) is 17.2 Å². The molecule has 2 aromatic rings. The molecule has 1 atom stereocenters. The lowest BCUT2D eigenvalue weighted by molar-refractivity contribution is 0.221. The smallest absolute Gasteiger partial charge is 0.129 e. The summed E-state index contributed by atoms with van der Waals surface area (Å²) in [7, 11) is 0. The Hall–Kier alpha value is -1.000. The third kappa shape index (κ3) is 2.87. The van der Waals surface area contributed by atoms with E-state index in [1.54, 1.807) is 24.3 Å². The second kappa shape index (κ2) is 5.33. The number of aliphatic hydroxyl groups is 1. The molecule has 0 bridgehead atoms. The van der Waals surface area contributed by atoms with Crippen molar-refractivity contribution < 1.29 is 5.11 Å². The monoisotopic (exact) mass is 302 g/mol. The highest BCUT2D eigenvalue weighted by atomic mass is 35.5. The Balaban J connectivity index is 2.47. The molecule has 3 N–H and O–H groups in total. The van der Waals surface area contributed by atoms with Crippen LogP contribution in [0.25, 0.3) is 0 Å². The summed E-state index contributed by atoms with van der Waals surface area (Å²) in [6, 6.07) is 6.36. The molecule has 0 amide bonds. The van der Waals surface area contributed by atoms with Gasteiger partial charge in [0.2, 0.25) is 0 Å². The molecule has 0 saturated heterocycles. The van der Waals surface area contributed by atoms with Crippen LogP contribution in [0.15, 0.2) is 30.5 Å². The quantitative estimate of drug-likeness (QED) is 0.889. The van der Waals surface area contributed by atoms with Gasteiger partial charge in [-0.25, -0.2) is 4.98 Å². The molecule has 0 aliphatic carbocycles. The van der Waals surface area contributed by atoms with Crippen LogP contribution in [-0.2, 0) is 0 Å². The normalized spacial score (nSPS) is 12.4. The van der Waals surface area contributed by atoms with E-state index in [0.29, 0.717) is 26.2 Å². The summed E-state index contributed by atoms with van der Waals surface area (Å²) >= 11 is 17.6. The van der Waals surface area contributed by atoms with Crippen molar-refractivity contribution in [3.63, 3.8) is 0 Å². The first-order valence-electron chi connectivity index (χ1n) is 5.02. The van der Waals surface area contributed by atoms with E-state index in [2.05, 4.69) is 4.98 Å². The number of aromatic nitrogens is 1. The molecule has 0 fully saturated rings. The Morgan fingerprint density at radius 1 is 1.00 bits per heavy atom. The van der Waals surface area contributed by atoms with Crippen LogP contribution >= 0.6 is 34.8 Å². The number of aliphatic hydroxyl groups excluding tert-OH is 1. The van der Waals surface area contributed by atoms with Gasteiger partial charge in [-0.1, -0.05) is 34.8 Å². The molecule has 0 radical (unpaired) electrons. The molecule has 0 aliphatic heterocycles. The van der Waals surface area contributed by atoms with Gasteiger partial charge < -0.3 is 10.8 Å². The van der Waals surface area contributed by atoms with Crippen LogP contribution in [-0.4, -0.2) is 10.1 Å². The van der Waals surface area contributed by atoms with Crippen LogP contribution in [0.4, 0.5) is 5.82 Å². The Bertz CT molecular complexity index is 569. The van der Waals surface area contributed by atoms with Gasteiger partial charge in [0, 0.05) is 21.8 Å². The molecule has 1 aromatic carbocycles. The lowest BCUT2D eigenvalue weighted by atomic mass is 10.0. The number of hydrogen-bond acceptors (Lipinski definition) is 3. The highest BCUT2D eigenvalue weighted by molar-refractivity contribution is 6.34. The van der Waals surface area contributed by atoms with Gasteiger partial charge in [-0.3, -0.25) is 0 Å². The molecule has 2 rings (SSSR count). The van der Waals surface area contributed by atoms with E-state index in [1.165, 1.54) is 6.20 Å². The number of benzene rings is 1. The van der Waals surface area contributed by atoms with Crippen molar-refractivity contribution in [2.24, 2.45) is 0 Å². The van der Waals surface area contributed by atoms with Crippen LogP contribution < -0.4 is 5.73 Å².